The van der Waals surface area contributed by atoms with Gasteiger partial charge in [0.25, 0.3) is 0 Å². The van der Waals surface area contributed by atoms with Crippen LogP contribution in [0.3, 0.4) is 0 Å². The third-order valence-corrected chi connectivity index (χ3v) is 5.25. The number of hydrogen-bond acceptors (Lipinski definition) is 1. The van der Waals surface area contributed by atoms with Gasteiger partial charge in [0.15, 0.2) is 0 Å². The summed E-state index contributed by atoms with van der Waals surface area (Å²) in [5.41, 5.74) is 5.95. The van der Waals surface area contributed by atoms with E-state index in [1.165, 1.54) is 27.5 Å². The van der Waals surface area contributed by atoms with Gasteiger partial charge in [0.05, 0.1) is 11.0 Å². The summed E-state index contributed by atoms with van der Waals surface area (Å²) in [6, 6.07) is 27.7. The topological polar surface area (TPSA) is 17.8 Å². The minimum absolute atomic E-state index is 1.08. The highest BCUT2D eigenvalue weighted by Crippen LogP contribution is 2.33. The van der Waals surface area contributed by atoms with E-state index >= 15 is 0 Å². The number of hydrogen-bond donors (Lipinski definition) is 0. The summed E-state index contributed by atoms with van der Waals surface area (Å²) in [5.74, 6) is 0. The van der Waals surface area contributed by atoms with Crippen LogP contribution in [0.4, 0.5) is 0 Å². The van der Waals surface area contributed by atoms with E-state index in [0.29, 0.717) is 0 Å². The number of nitrogens with zero attached hydrogens (tertiary/aromatic N) is 2. The predicted octanol–water partition coefficient (Wildman–Crippen LogP) is 6.61. The van der Waals surface area contributed by atoms with Crippen LogP contribution in [0.15, 0.2) is 95.7 Å². The van der Waals surface area contributed by atoms with Crippen molar-refractivity contribution in [2.45, 2.75) is 0 Å². The minimum atomic E-state index is 1.08. The zero-order valence-corrected chi connectivity index (χ0v) is 15.5. The van der Waals surface area contributed by atoms with Gasteiger partial charge in [-0.05, 0) is 47.5 Å². The fourth-order valence-corrected chi connectivity index (χ4v) is 3.91. The molecule has 0 unspecified atom stereocenters. The first kappa shape index (κ1) is 15.4. The van der Waals surface area contributed by atoms with E-state index in [9.17, 15) is 0 Å². The van der Waals surface area contributed by atoms with Gasteiger partial charge < -0.3 is 4.57 Å². The lowest BCUT2D eigenvalue weighted by atomic mass is 10.1. The first-order valence-corrected chi connectivity index (χ1v) is 9.30. The molecule has 0 bridgehead atoms. The predicted molar refractivity (Wildman–Crippen MR) is 112 cm³/mol. The average molecular weight is 399 g/mol. The van der Waals surface area contributed by atoms with E-state index < -0.39 is 0 Å². The van der Waals surface area contributed by atoms with Gasteiger partial charge in [-0.1, -0.05) is 58.4 Å². The molecule has 3 heteroatoms. The molecule has 3 aromatic carbocycles. The average Bonchev–Trinajstić information content (AvgIpc) is 3.02. The van der Waals surface area contributed by atoms with Crippen LogP contribution in [0, 0.1) is 0 Å². The number of pyridine rings is 1. The molecule has 2 nitrogen and oxygen atoms in total. The fraction of sp³-hybridized carbons (Fsp3) is 0. The molecular formula is C23H15BrN2. The van der Waals surface area contributed by atoms with Gasteiger partial charge in [0.1, 0.15) is 0 Å². The van der Waals surface area contributed by atoms with Gasteiger partial charge >= 0.3 is 0 Å². The summed E-state index contributed by atoms with van der Waals surface area (Å²) < 4.78 is 3.38. The van der Waals surface area contributed by atoms with Crippen LogP contribution in [0.25, 0.3) is 38.6 Å². The standard InChI is InChI=1S/C23H15BrN2/c24-18-8-11-22-20(14-18)21-15-25-13-12-23(21)26(22)19-9-6-17(7-10-19)16-4-2-1-3-5-16/h1-15H. The van der Waals surface area contributed by atoms with Crippen LogP contribution < -0.4 is 0 Å². The van der Waals surface area contributed by atoms with Crippen molar-refractivity contribution < 1.29 is 0 Å². The third kappa shape index (κ3) is 2.44. The first-order chi connectivity index (χ1) is 12.8. The zero-order chi connectivity index (χ0) is 17.5. The highest BCUT2D eigenvalue weighted by Gasteiger charge is 2.12. The van der Waals surface area contributed by atoms with Gasteiger partial charge in [0.2, 0.25) is 0 Å². The Morgan fingerprint density at radius 1 is 0.692 bits per heavy atom. The normalized spacial score (nSPS) is 11.3. The molecule has 2 aromatic heterocycles. The maximum absolute atomic E-state index is 4.32. The summed E-state index contributed by atoms with van der Waals surface area (Å²) in [6.07, 6.45) is 3.80. The molecule has 5 aromatic rings. The van der Waals surface area contributed by atoms with Crippen LogP contribution in [0.5, 0.6) is 0 Å². The van der Waals surface area contributed by atoms with Crippen molar-refractivity contribution in [2.24, 2.45) is 0 Å². The smallest absolute Gasteiger partial charge is 0.0571 e. The molecule has 0 saturated heterocycles. The Labute approximate surface area is 159 Å². The van der Waals surface area contributed by atoms with Crippen LogP contribution >= 0.6 is 15.9 Å². The van der Waals surface area contributed by atoms with Gasteiger partial charge in [-0.2, -0.15) is 0 Å². The molecule has 5 rings (SSSR count). The largest absolute Gasteiger partial charge is 0.309 e. The first-order valence-electron chi connectivity index (χ1n) is 8.51. The van der Waals surface area contributed by atoms with E-state index in [1.807, 2.05) is 18.5 Å². The number of halogens is 1. The Kier molecular flexibility index (Phi) is 3.61. The third-order valence-electron chi connectivity index (χ3n) is 4.76. The van der Waals surface area contributed by atoms with Crippen molar-refractivity contribution in [3.05, 3.63) is 95.7 Å². The van der Waals surface area contributed by atoms with Gasteiger partial charge in [-0.3, -0.25) is 4.98 Å². The summed E-state index contributed by atoms with van der Waals surface area (Å²) in [5, 5.41) is 2.37. The molecule has 0 aliphatic rings. The lowest BCUT2D eigenvalue weighted by molar-refractivity contribution is 1.17. The molecule has 0 fully saturated rings. The van der Waals surface area contributed by atoms with E-state index in [-0.39, 0.29) is 0 Å². The molecule has 0 amide bonds. The molecule has 0 aliphatic heterocycles. The van der Waals surface area contributed by atoms with Gasteiger partial charge in [-0.15, -0.1) is 0 Å². The lowest BCUT2D eigenvalue weighted by Gasteiger charge is -2.09. The molecular weight excluding hydrogens is 384 g/mol. The number of aromatic nitrogens is 2. The Balaban J connectivity index is 1.73. The second-order valence-electron chi connectivity index (χ2n) is 6.30. The van der Waals surface area contributed by atoms with Crippen molar-refractivity contribution in [3.63, 3.8) is 0 Å². The van der Waals surface area contributed by atoms with Crippen LogP contribution in [-0.4, -0.2) is 9.55 Å². The number of fused-ring (bicyclic) bond motifs is 3. The van der Waals surface area contributed by atoms with E-state index in [2.05, 4.69) is 98.3 Å². The van der Waals surface area contributed by atoms with Crippen LogP contribution in [0.1, 0.15) is 0 Å². The lowest BCUT2D eigenvalue weighted by Crippen LogP contribution is -1.93. The van der Waals surface area contributed by atoms with E-state index in [4.69, 9.17) is 0 Å². The summed E-state index contributed by atoms with van der Waals surface area (Å²) in [4.78, 5) is 4.32. The molecule has 0 atom stereocenters. The fourth-order valence-electron chi connectivity index (χ4n) is 3.55. The monoisotopic (exact) mass is 398 g/mol. The number of benzene rings is 3. The van der Waals surface area contributed by atoms with Crippen molar-refractivity contribution in [2.75, 3.05) is 0 Å². The Hall–Kier alpha value is -2.91. The zero-order valence-electron chi connectivity index (χ0n) is 13.9. The Morgan fingerprint density at radius 2 is 1.42 bits per heavy atom. The van der Waals surface area contributed by atoms with E-state index in [0.717, 1.165) is 15.5 Å². The molecule has 0 aliphatic carbocycles. The molecule has 0 N–H and O–H groups in total. The van der Waals surface area contributed by atoms with Crippen molar-refractivity contribution >= 4 is 37.7 Å². The Bertz CT molecular complexity index is 1220. The van der Waals surface area contributed by atoms with Crippen molar-refractivity contribution in [1.82, 2.24) is 9.55 Å². The SMILES string of the molecule is Brc1ccc2c(c1)c1cnccc1n2-c1ccc(-c2ccccc2)cc1. The van der Waals surface area contributed by atoms with Crippen molar-refractivity contribution in [1.29, 1.82) is 0 Å². The second-order valence-corrected chi connectivity index (χ2v) is 7.22. The molecule has 2 heterocycles. The highest BCUT2D eigenvalue weighted by atomic mass is 79.9. The summed E-state index contributed by atoms with van der Waals surface area (Å²) in [7, 11) is 0. The quantitative estimate of drug-likeness (QED) is 0.327. The molecule has 26 heavy (non-hydrogen) atoms. The number of rotatable bonds is 2. The van der Waals surface area contributed by atoms with Gasteiger partial charge in [0, 0.05) is 33.3 Å². The second kappa shape index (κ2) is 6.11. The maximum Gasteiger partial charge on any atom is 0.0571 e. The Morgan fingerprint density at radius 3 is 2.23 bits per heavy atom. The maximum atomic E-state index is 4.32. The summed E-state index contributed by atoms with van der Waals surface area (Å²) in [6.45, 7) is 0. The van der Waals surface area contributed by atoms with Gasteiger partial charge in [-0.25, -0.2) is 0 Å². The van der Waals surface area contributed by atoms with Crippen molar-refractivity contribution in [3.8, 4) is 16.8 Å². The van der Waals surface area contributed by atoms with Crippen LogP contribution in [-0.2, 0) is 0 Å². The molecule has 0 spiro atoms. The molecule has 124 valence electrons. The van der Waals surface area contributed by atoms with E-state index in [1.54, 1.807) is 0 Å². The highest BCUT2D eigenvalue weighted by molar-refractivity contribution is 9.10. The van der Waals surface area contributed by atoms with Crippen LogP contribution in [0.2, 0.25) is 0 Å². The summed E-state index contributed by atoms with van der Waals surface area (Å²) >= 11 is 3.59. The minimum Gasteiger partial charge on any atom is -0.309 e. The molecule has 0 saturated carbocycles. The molecule has 0 radical (unpaired) electrons.